The van der Waals surface area contributed by atoms with E-state index in [4.69, 9.17) is 10.00 Å². The Morgan fingerprint density at radius 2 is 2.19 bits per heavy atom. The van der Waals surface area contributed by atoms with Crippen molar-refractivity contribution in [3.05, 3.63) is 38.0 Å². The molecule has 5 nitrogen and oxygen atoms in total. The van der Waals surface area contributed by atoms with Crippen LogP contribution in [-0.2, 0) is 9.53 Å². The van der Waals surface area contributed by atoms with E-state index in [-0.39, 0.29) is 0 Å². The molecule has 2 aromatic heterocycles. The van der Waals surface area contributed by atoms with Crippen LogP contribution in [0.4, 0.5) is 0 Å². The number of rotatable bonds is 5. The Labute approximate surface area is 129 Å². The van der Waals surface area contributed by atoms with Crippen LogP contribution in [0.3, 0.4) is 0 Å². The van der Waals surface area contributed by atoms with Crippen LogP contribution >= 0.6 is 22.7 Å². The van der Waals surface area contributed by atoms with Crippen LogP contribution in [0.15, 0.2) is 17.5 Å². The zero-order valence-electron chi connectivity index (χ0n) is 11.5. The number of aryl methyl sites for hydroxylation is 2. The first kappa shape index (κ1) is 15.4. The second kappa shape index (κ2) is 6.61. The molecule has 0 aromatic carbocycles. The lowest BCUT2D eigenvalue weighted by molar-refractivity contribution is -0.122. The lowest BCUT2D eigenvalue weighted by Gasteiger charge is -2.05. The molecular formula is C14H12N2O3S2. The smallest absolute Gasteiger partial charge is 0.348 e. The molecule has 21 heavy (non-hydrogen) atoms. The summed E-state index contributed by atoms with van der Waals surface area (Å²) in [5.41, 5.74) is 0.758. The van der Waals surface area contributed by atoms with E-state index in [1.165, 1.54) is 22.7 Å². The Balaban J connectivity index is 1.97. The van der Waals surface area contributed by atoms with Crippen molar-refractivity contribution in [2.24, 2.45) is 0 Å². The van der Waals surface area contributed by atoms with E-state index in [0.717, 1.165) is 10.6 Å². The molecule has 0 saturated carbocycles. The van der Waals surface area contributed by atoms with Crippen molar-refractivity contribution in [3.63, 3.8) is 0 Å². The normalized spacial score (nSPS) is 11.7. The highest BCUT2D eigenvalue weighted by molar-refractivity contribution is 7.13. The van der Waals surface area contributed by atoms with Crippen molar-refractivity contribution >= 4 is 34.4 Å². The van der Waals surface area contributed by atoms with Crippen molar-refractivity contribution in [1.82, 2.24) is 4.98 Å². The highest BCUT2D eigenvalue weighted by Crippen LogP contribution is 2.21. The summed E-state index contributed by atoms with van der Waals surface area (Å²) in [6.07, 6.45) is 0. The van der Waals surface area contributed by atoms with Crippen LogP contribution in [0.25, 0.3) is 0 Å². The first-order chi connectivity index (χ1) is 10.0. The molecule has 2 rings (SSSR count). The molecule has 0 N–H and O–H groups in total. The van der Waals surface area contributed by atoms with Gasteiger partial charge >= 0.3 is 5.97 Å². The van der Waals surface area contributed by atoms with Gasteiger partial charge in [0.05, 0.1) is 6.07 Å². The predicted octanol–water partition coefficient (Wildman–Crippen LogP) is 2.85. The molecule has 7 heteroatoms. The van der Waals surface area contributed by atoms with Gasteiger partial charge in [-0.3, -0.25) is 4.79 Å². The molecule has 0 aliphatic carbocycles. The molecule has 0 aliphatic rings. The number of aromatic nitrogens is 1. The lowest BCUT2D eigenvalue weighted by atomic mass is 10.1. The SMILES string of the molecule is Cc1csc([C@H](C#N)C(=O)COC(=O)c2ccc(C)s2)n1. The second-order valence-corrected chi connectivity index (χ2v) is 6.52. The van der Waals surface area contributed by atoms with Crippen molar-refractivity contribution in [1.29, 1.82) is 5.26 Å². The molecule has 0 spiro atoms. The van der Waals surface area contributed by atoms with E-state index >= 15 is 0 Å². The molecule has 0 bridgehead atoms. The molecule has 0 fully saturated rings. The third kappa shape index (κ3) is 3.74. The molecule has 0 radical (unpaired) electrons. The van der Waals surface area contributed by atoms with E-state index in [1.54, 1.807) is 24.4 Å². The summed E-state index contributed by atoms with van der Waals surface area (Å²) < 4.78 is 4.96. The number of ketones is 1. The third-order valence-corrected chi connectivity index (χ3v) is 4.63. The maximum atomic E-state index is 12.0. The number of Topliss-reactive ketones (excluding diaryl/α,β-unsaturated/α-hetero) is 1. The van der Waals surface area contributed by atoms with Crippen molar-refractivity contribution < 1.29 is 14.3 Å². The summed E-state index contributed by atoms with van der Waals surface area (Å²) in [6, 6.07) is 5.37. The highest BCUT2D eigenvalue weighted by atomic mass is 32.1. The van der Waals surface area contributed by atoms with Gasteiger partial charge in [-0.15, -0.1) is 22.7 Å². The molecule has 2 heterocycles. The number of hydrogen-bond acceptors (Lipinski definition) is 7. The zero-order chi connectivity index (χ0) is 15.4. The highest BCUT2D eigenvalue weighted by Gasteiger charge is 2.24. The van der Waals surface area contributed by atoms with Crippen LogP contribution in [-0.4, -0.2) is 23.3 Å². The van der Waals surface area contributed by atoms with Crippen LogP contribution in [0.2, 0.25) is 0 Å². The monoisotopic (exact) mass is 320 g/mol. The summed E-state index contributed by atoms with van der Waals surface area (Å²) >= 11 is 2.55. The summed E-state index contributed by atoms with van der Waals surface area (Å²) in [4.78, 5) is 29.3. The largest absolute Gasteiger partial charge is 0.453 e. The van der Waals surface area contributed by atoms with Gasteiger partial charge in [-0.1, -0.05) is 0 Å². The zero-order valence-corrected chi connectivity index (χ0v) is 13.1. The van der Waals surface area contributed by atoms with Gasteiger partial charge in [0, 0.05) is 16.0 Å². The van der Waals surface area contributed by atoms with Gasteiger partial charge < -0.3 is 4.74 Å². The van der Waals surface area contributed by atoms with Gasteiger partial charge in [0.25, 0.3) is 0 Å². The number of carbonyl (C=O) groups is 2. The number of nitrogens with zero attached hydrogens (tertiary/aromatic N) is 2. The van der Waals surface area contributed by atoms with E-state index in [0.29, 0.717) is 9.88 Å². The van der Waals surface area contributed by atoms with E-state index in [1.807, 2.05) is 13.0 Å². The number of thiophene rings is 1. The fourth-order valence-corrected chi connectivity index (χ4v) is 3.23. The Hall–Kier alpha value is -2.04. The van der Waals surface area contributed by atoms with E-state index < -0.39 is 24.3 Å². The molecule has 1 atom stereocenters. The molecule has 0 amide bonds. The fraction of sp³-hybridized carbons (Fsp3) is 0.286. The van der Waals surface area contributed by atoms with Crippen molar-refractivity contribution in [2.45, 2.75) is 19.8 Å². The van der Waals surface area contributed by atoms with Crippen LogP contribution in [0.1, 0.15) is 31.2 Å². The Morgan fingerprint density at radius 1 is 1.43 bits per heavy atom. The number of ether oxygens (including phenoxy) is 1. The Bertz CT molecular complexity index is 712. The first-order valence-electron chi connectivity index (χ1n) is 6.09. The number of thiazole rings is 1. The van der Waals surface area contributed by atoms with Gasteiger partial charge in [0.15, 0.2) is 18.3 Å². The summed E-state index contributed by atoms with van der Waals surface area (Å²) in [6.45, 7) is 3.24. The predicted molar refractivity (Wildman–Crippen MR) is 79.6 cm³/mol. The number of carbonyl (C=O) groups excluding carboxylic acids is 2. The molecule has 2 aromatic rings. The minimum Gasteiger partial charge on any atom is -0.453 e. The lowest BCUT2D eigenvalue weighted by Crippen LogP contribution is -2.19. The minimum atomic E-state index is -0.985. The van der Waals surface area contributed by atoms with E-state index in [2.05, 4.69) is 4.98 Å². The Kier molecular flexibility index (Phi) is 4.83. The van der Waals surface area contributed by atoms with Gasteiger partial charge in [-0.25, -0.2) is 9.78 Å². The Morgan fingerprint density at radius 3 is 2.71 bits per heavy atom. The summed E-state index contributed by atoms with van der Waals surface area (Å²) in [5.74, 6) is -2.00. The second-order valence-electron chi connectivity index (χ2n) is 4.34. The molecule has 0 aliphatic heterocycles. The summed E-state index contributed by atoms with van der Waals surface area (Å²) in [5, 5.41) is 11.3. The third-order valence-electron chi connectivity index (χ3n) is 2.62. The molecule has 0 saturated heterocycles. The van der Waals surface area contributed by atoms with Crippen LogP contribution in [0.5, 0.6) is 0 Å². The minimum absolute atomic E-state index is 0.424. The van der Waals surface area contributed by atoms with Gasteiger partial charge in [0.2, 0.25) is 0 Å². The van der Waals surface area contributed by atoms with Gasteiger partial charge in [-0.05, 0) is 26.0 Å². The average molecular weight is 320 g/mol. The topological polar surface area (TPSA) is 80.0 Å². The maximum absolute atomic E-state index is 12.0. The van der Waals surface area contributed by atoms with Crippen LogP contribution in [0, 0.1) is 25.2 Å². The standard InChI is InChI=1S/C14H12N2O3S2/c1-8-7-20-13(16-8)10(5-15)11(17)6-19-14(18)12-4-3-9(2)21-12/h3-4,7,10H,6H2,1-2H3/t10-/m1/s1. The molecular weight excluding hydrogens is 308 g/mol. The maximum Gasteiger partial charge on any atom is 0.348 e. The fourth-order valence-electron chi connectivity index (χ4n) is 1.61. The van der Waals surface area contributed by atoms with Crippen LogP contribution < -0.4 is 0 Å². The number of nitriles is 1. The number of esters is 1. The summed E-state index contributed by atoms with van der Waals surface area (Å²) in [7, 11) is 0. The quantitative estimate of drug-likeness (QED) is 0.791. The number of hydrogen-bond donors (Lipinski definition) is 0. The first-order valence-corrected chi connectivity index (χ1v) is 7.79. The van der Waals surface area contributed by atoms with Gasteiger partial charge in [-0.2, -0.15) is 5.26 Å². The molecule has 108 valence electrons. The van der Waals surface area contributed by atoms with Crippen molar-refractivity contribution in [3.8, 4) is 6.07 Å². The van der Waals surface area contributed by atoms with Crippen molar-refractivity contribution in [2.75, 3.05) is 6.61 Å². The molecule has 0 unspecified atom stereocenters. The average Bonchev–Trinajstić information content (AvgIpc) is 3.06. The van der Waals surface area contributed by atoms with Gasteiger partial charge in [0.1, 0.15) is 9.88 Å². The van der Waals surface area contributed by atoms with E-state index in [9.17, 15) is 9.59 Å².